The molecule has 5 atom stereocenters. The minimum atomic E-state index is -1.64. The lowest BCUT2D eigenvalue weighted by Gasteiger charge is -2.45. The highest BCUT2D eigenvalue weighted by Crippen LogP contribution is 2.37. The number of carbonyl (C=O) groups excluding carboxylic acids is 5. The zero-order valence-corrected chi connectivity index (χ0v) is 40.4. The molecule has 1 fully saturated rings. The minimum Gasteiger partial charge on any atom is -0.489 e. The van der Waals surface area contributed by atoms with E-state index in [1.165, 1.54) is 11.8 Å². The van der Waals surface area contributed by atoms with Crippen molar-refractivity contribution in [3.63, 3.8) is 0 Å². The molecule has 358 valence electrons. The fourth-order valence-corrected chi connectivity index (χ4v) is 6.38. The normalized spacial score (nSPS) is 19.1. The highest BCUT2D eigenvalue weighted by molar-refractivity contribution is 5.86. The van der Waals surface area contributed by atoms with Crippen LogP contribution in [0.3, 0.4) is 0 Å². The number of hydrogen-bond donors (Lipinski definition) is 0. The summed E-state index contributed by atoms with van der Waals surface area (Å²) in [6.07, 6.45) is -5.00. The lowest BCUT2D eigenvalue weighted by atomic mass is 9.93. The van der Waals surface area contributed by atoms with Gasteiger partial charge in [-0.05, 0) is 131 Å². The first-order valence-electron chi connectivity index (χ1n) is 22.1. The molecule has 1 aliphatic rings. The summed E-state index contributed by atoms with van der Waals surface area (Å²) < 4.78 is 49.8. The summed E-state index contributed by atoms with van der Waals surface area (Å²) in [7, 11) is 1.25. The van der Waals surface area contributed by atoms with Gasteiger partial charge in [0.05, 0.1) is 34.2 Å². The van der Waals surface area contributed by atoms with Gasteiger partial charge in [0.15, 0.2) is 17.9 Å². The highest BCUT2D eigenvalue weighted by Gasteiger charge is 2.56. The van der Waals surface area contributed by atoms with Crippen LogP contribution in [-0.2, 0) is 78.4 Å². The monoisotopic (exact) mass is 915 g/mol. The Labute approximate surface area is 386 Å². The van der Waals surface area contributed by atoms with Crippen molar-refractivity contribution in [2.45, 2.75) is 140 Å². The second-order valence-electron chi connectivity index (χ2n) is 20.5. The van der Waals surface area contributed by atoms with Gasteiger partial charge in [0.1, 0.15) is 31.6 Å². The van der Waals surface area contributed by atoms with Gasteiger partial charge in [0.2, 0.25) is 18.3 Å². The third kappa shape index (κ3) is 13.3. The van der Waals surface area contributed by atoms with Crippen LogP contribution >= 0.6 is 0 Å². The molecule has 0 radical (unpaired) electrons. The Hall–Kier alpha value is -6.03. The second kappa shape index (κ2) is 20.6. The molecule has 66 heavy (non-hydrogen) atoms. The van der Waals surface area contributed by atoms with E-state index in [4.69, 9.17) is 37.9 Å². The van der Waals surface area contributed by atoms with Gasteiger partial charge in [0, 0.05) is 6.20 Å². The third-order valence-corrected chi connectivity index (χ3v) is 10.4. The van der Waals surface area contributed by atoms with Gasteiger partial charge in [-0.15, -0.1) is 5.10 Å². The average molecular weight is 916 g/mol. The van der Waals surface area contributed by atoms with Gasteiger partial charge in [-0.3, -0.25) is 24.0 Å². The Kier molecular flexibility index (Phi) is 15.9. The topological polar surface area (TPSA) is 190 Å². The summed E-state index contributed by atoms with van der Waals surface area (Å²) >= 11 is 0. The van der Waals surface area contributed by atoms with Crippen molar-refractivity contribution in [1.82, 2.24) is 14.8 Å². The van der Waals surface area contributed by atoms with E-state index in [9.17, 15) is 24.0 Å². The predicted molar refractivity (Wildman–Crippen MR) is 242 cm³/mol. The van der Waals surface area contributed by atoms with E-state index in [1.54, 1.807) is 95.3 Å². The predicted octanol–water partition coefficient (Wildman–Crippen LogP) is 7.54. The average Bonchev–Trinajstić information content (AvgIpc) is 3.58. The van der Waals surface area contributed by atoms with Crippen molar-refractivity contribution < 1.29 is 61.9 Å². The second-order valence-corrected chi connectivity index (χ2v) is 20.5. The van der Waals surface area contributed by atoms with Crippen LogP contribution < -0.4 is 9.47 Å². The van der Waals surface area contributed by atoms with E-state index in [0.717, 1.165) is 22.4 Å². The number of nitrogens with zero attached hydrogens (tertiary/aromatic N) is 3. The number of aromatic nitrogens is 3. The summed E-state index contributed by atoms with van der Waals surface area (Å²) in [5.41, 5.74) is -1.08. The molecular weight excluding hydrogens is 851 g/mol. The van der Waals surface area contributed by atoms with Crippen molar-refractivity contribution in [1.29, 1.82) is 0 Å². The fourth-order valence-electron chi connectivity index (χ4n) is 6.38. The number of pyridine rings is 1. The molecule has 0 bridgehead atoms. The number of aryl methyl sites for hydroxylation is 2. The van der Waals surface area contributed by atoms with Crippen LogP contribution in [0, 0.1) is 21.7 Å². The van der Waals surface area contributed by atoms with Gasteiger partial charge < -0.3 is 37.9 Å². The Morgan fingerprint density at radius 2 is 1.21 bits per heavy atom. The summed E-state index contributed by atoms with van der Waals surface area (Å²) in [6, 6.07) is 19.5. The van der Waals surface area contributed by atoms with Gasteiger partial charge in [-0.2, -0.15) is 0 Å². The van der Waals surface area contributed by atoms with E-state index < -0.39 is 88.8 Å². The number of fused-ring (bicyclic) bond motifs is 1. The number of rotatable bonds is 15. The van der Waals surface area contributed by atoms with Gasteiger partial charge in [-0.25, -0.2) is 9.67 Å². The molecule has 3 heterocycles. The van der Waals surface area contributed by atoms with E-state index in [2.05, 4.69) is 10.1 Å². The van der Waals surface area contributed by atoms with Gasteiger partial charge in [0.25, 0.3) is 0 Å². The zero-order chi connectivity index (χ0) is 48.8. The first-order valence-corrected chi connectivity index (χ1v) is 22.1. The van der Waals surface area contributed by atoms with Crippen molar-refractivity contribution in [3.8, 4) is 11.6 Å². The molecule has 1 saturated heterocycles. The Morgan fingerprint density at radius 3 is 1.77 bits per heavy atom. The molecular formula is C50H65N3O13. The first kappa shape index (κ1) is 51.0. The van der Waals surface area contributed by atoms with Crippen molar-refractivity contribution >= 4 is 40.9 Å². The van der Waals surface area contributed by atoms with E-state index in [0.29, 0.717) is 24.8 Å². The molecule has 0 N–H and O–H groups in total. The Morgan fingerprint density at radius 1 is 0.652 bits per heavy atom. The molecule has 1 aliphatic heterocycles. The Balaban J connectivity index is 1.60. The van der Waals surface area contributed by atoms with E-state index in [1.807, 2.05) is 54.6 Å². The number of ether oxygens (including phenoxy) is 8. The standard InChI is InChI=1S/C50H65N3O13/c1-47(2,3)43(55)61-29-34-37(63-44(56)48(4,5)6)38(64-45(57)49(7,8)9)39(65-46(58)50(10,11)12)42(62-34)66-41-36-32(25-26-51-40(36)53(52-41)27-35(54)59-13)22-19-30-20-23-33(24-21-30)60-28-31-17-15-14-16-18-31/h14-18,20-21,23-26,34,37-39,42H,19,22,27-29H2,1-13H3/t34-,37-,38+,39-,42+/m1/s1. The molecule has 0 saturated carbocycles. The number of benzene rings is 2. The minimum absolute atomic E-state index is 0.0695. The lowest BCUT2D eigenvalue weighted by molar-refractivity contribution is -0.294. The van der Waals surface area contributed by atoms with Crippen molar-refractivity contribution in [2.24, 2.45) is 21.7 Å². The fraction of sp³-hybridized carbons (Fsp3) is 0.540. The number of esters is 5. The SMILES string of the molecule is COC(=O)Cn1nc(O[C@@H]2O[C@H](COC(=O)C(C)(C)C)[C@@H](OC(=O)C(C)(C)C)[C@H](OC(=O)C(C)(C)C)[C@H]2OC(=O)C(C)(C)C)c2c(CCc3ccc(OCc4ccccc4)cc3)ccnc21. The van der Waals surface area contributed by atoms with Crippen LogP contribution in [0.1, 0.15) is 99.8 Å². The summed E-state index contributed by atoms with van der Waals surface area (Å²) in [4.78, 5) is 72.0. The Bertz CT molecular complexity index is 2330. The van der Waals surface area contributed by atoms with Crippen LogP contribution in [0.4, 0.5) is 0 Å². The maximum atomic E-state index is 13.9. The summed E-state index contributed by atoms with van der Waals surface area (Å²) in [5, 5.41) is 5.09. The molecule has 0 unspecified atom stereocenters. The molecule has 2 aromatic heterocycles. The van der Waals surface area contributed by atoms with Crippen molar-refractivity contribution in [2.75, 3.05) is 13.7 Å². The maximum Gasteiger partial charge on any atom is 0.327 e. The first-order chi connectivity index (χ1) is 30.8. The lowest BCUT2D eigenvalue weighted by Crippen LogP contribution is -2.65. The highest BCUT2D eigenvalue weighted by atomic mass is 16.7. The maximum absolute atomic E-state index is 13.9. The summed E-state index contributed by atoms with van der Waals surface area (Å²) in [5.74, 6) is -2.69. The molecule has 0 aliphatic carbocycles. The molecule has 0 amide bonds. The largest absolute Gasteiger partial charge is 0.489 e. The van der Waals surface area contributed by atoms with Crippen LogP contribution in [0.2, 0.25) is 0 Å². The van der Waals surface area contributed by atoms with E-state index >= 15 is 0 Å². The zero-order valence-electron chi connectivity index (χ0n) is 40.4. The van der Waals surface area contributed by atoms with Crippen LogP contribution in [0.5, 0.6) is 11.6 Å². The van der Waals surface area contributed by atoms with Gasteiger partial charge in [-0.1, -0.05) is 42.5 Å². The van der Waals surface area contributed by atoms with Gasteiger partial charge >= 0.3 is 29.8 Å². The third-order valence-electron chi connectivity index (χ3n) is 10.4. The quantitative estimate of drug-likeness (QED) is 0.0839. The summed E-state index contributed by atoms with van der Waals surface area (Å²) in [6.45, 7) is 19.4. The van der Waals surface area contributed by atoms with Crippen molar-refractivity contribution in [3.05, 3.63) is 83.6 Å². The van der Waals surface area contributed by atoms with Crippen LogP contribution in [-0.4, -0.2) is 89.0 Å². The molecule has 4 aromatic rings. The van der Waals surface area contributed by atoms with E-state index in [-0.39, 0.29) is 18.1 Å². The molecule has 16 nitrogen and oxygen atoms in total. The molecule has 5 rings (SSSR count). The van der Waals surface area contributed by atoms with Crippen LogP contribution in [0.25, 0.3) is 11.0 Å². The molecule has 2 aromatic carbocycles. The number of methoxy groups -OCH3 is 1. The molecule has 0 spiro atoms. The number of carbonyl (C=O) groups is 5. The number of hydrogen-bond acceptors (Lipinski definition) is 15. The molecule has 16 heteroatoms. The smallest absolute Gasteiger partial charge is 0.327 e. The van der Waals surface area contributed by atoms with Crippen LogP contribution in [0.15, 0.2) is 66.9 Å².